The van der Waals surface area contributed by atoms with Crippen LogP contribution in [0.3, 0.4) is 0 Å². The number of rotatable bonds is 11. The third-order valence-corrected chi connectivity index (χ3v) is 6.23. The van der Waals surface area contributed by atoms with Gasteiger partial charge in [0.05, 0.1) is 26.2 Å². The fraction of sp³-hybridized carbons (Fsp3) is 0.588. The molecule has 0 aliphatic carbocycles. The zero-order chi connectivity index (χ0) is 18.1. The lowest BCUT2D eigenvalue weighted by Crippen LogP contribution is -2.45. The van der Waals surface area contributed by atoms with Crippen LogP contribution in [0.2, 0.25) is 0 Å². The summed E-state index contributed by atoms with van der Waals surface area (Å²) >= 11 is 0. The number of carbonyl (C=O) groups excluding carboxylic acids is 1. The average Bonchev–Trinajstić information content (AvgIpc) is 2.54. The molecule has 0 radical (unpaired) electrons. The third-order valence-electron chi connectivity index (χ3n) is 3.51. The molecule has 24 heavy (non-hydrogen) atoms. The van der Waals surface area contributed by atoms with Gasteiger partial charge in [0.1, 0.15) is 5.28 Å². The Balaban J connectivity index is 3.04. The van der Waals surface area contributed by atoms with Crippen LogP contribution in [0, 0.1) is 0 Å². The molecule has 0 aromatic heterocycles. The molecule has 1 atom stereocenters. The van der Waals surface area contributed by atoms with E-state index in [1.54, 1.807) is 27.7 Å². The molecular weight excluding hydrogens is 329 g/mol. The van der Waals surface area contributed by atoms with Crippen molar-refractivity contribution in [2.24, 2.45) is 0 Å². The molecule has 1 N–H and O–H groups in total. The summed E-state index contributed by atoms with van der Waals surface area (Å²) in [7, 11) is -3.57. The van der Waals surface area contributed by atoms with Crippen molar-refractivity contribution < 1.29 is 23.1 Å². The minimum Gasteiger partial charge on any atom is -0.466 e. The van der Waals surface area contributed by atoms with Gasteiger partial charge in [-0.25, -0.2) is 0 Å². The van der Waals surface area contributed by atoms with Gasteiger partial charge in [-0.2, -0.15) is 0 Å². The Morgan fingerprint density at radius 2 is 1.67 bits per heavy atom. The van der Waals surface area contributed by atoms with Crippen molar-refractivity contribution in [3.63, 3.8) is 0 Å². The molecule has 0 saturated heterocycles. The van der Waals surface area contributed by atoms with Gasteiger partial charge in [0, 0.05) is 6.54 Å². The van der Waals surface area contributed by atoms with E-state index in [1.165, 1.54) is 0 Å². The molecule has 0 bridgehead atoms. The van der Waals surface area contributed by atoms with Crippen molar-refractivity contribution in [1.82, 2.24) is 5.32 Å². The van der Waals surface area contributed by atoms with E-state index in [2.05, 4.69) is 5.32 Å². The highest BCUT2D eigenvalue weighted by Crippen LogP contribution is 2.60. The van der Waals surface area contributed by atoms with E-state index >= 15 is 0 Å². The molecule has 0 spiro atoms. The highest BCUT2D eigenvalue weighted by Gasteiger charge is 2.48. The van der Waals surface area contributed by atoms with E-state index < -0.39 is 18.8 Å². The number of carbonyl (C=O) groups is 1. The number of hydrogen-bond donors (Lipinski definition) is 1. The van der Waals surface area contributed by atoms with Gasteiger partial charge >= 0.3 is 13.6 Å². The van der Waals surface area contributed by atoms with Crippen molar-refractivity contribution in [3.8, 4) is 0 Å². The van der Waals surface area contributed by atoms with Crippen molar-refractivity contribution >= 4 is 13.6 Å². The molecule has 136 valence electrons. The molecule has 0 fully saturated rings. The predicted octanol–water partition coefficient (Wildman–Crippen LogP) is 3.71. The van der Waals surface area contributed by atoms with Gasteiger partial charge in [-0.05, 0) is 33.3 Å². The second-order valence-corrected chi connectivity index (χ2v) is 7.93. The minimum absolute atomic E-state index is 0.106. The quantitative estimate of drug-likeness (QED) is 0.481. The molecule has 6 nitrogen and oxygen atoms in total. The summed E-state index contributed by atoms with van der Waals surface area (Å²) in [5.74, 6) is -0.444. The molecular formula is C17H28NO5P. The molecule has 7 heteroatoms. The first-order valence-electron chi connectivity index (χ1n) is 8.24. The SMILES string of the molecule is CCOC(=O)CC(C)(NCc1ccccc1)P(=O)(OCC)OCC. The first-order valence-corrected chi connectivity index (χ1v) is 9.78. The van der Waals surface area contributed by atoms with Crippen LogP contribution in [0.5, 0.6) is 0 Å². The van der Waals surface area contributed by atoms with Crippen LogP contribution in [0.1, 0.15) is 39.7 Å². The molecule has 0 heterocycles. The van der Waals surface area contributed by atoms with Crippen LogP contribution >= 0.6 is 7.60 Å². The van der Waals surface area contributed by atoms with Crippen LogP contribution < -0.4 is 5.32 Å². The smallest absolute Gasteiger partial charge is 0.350 e. The van der Waals surface area contributed by atoms with E-state index in [1.807, 2.05) is 30.3 Å². The van der Waals surface area contributed by atoms with Crippen LogP contribution in [-0.2, 0) is 29.7 Å². The first-order chi connectivity index (χ1) is 11.4. The first kappa shape index (κ1) is 20.8. The predicted molar refractivity (Wildman–Crippen MR) is 93.8 cm³/mol. The van der Waals surface area contributed by atoms with Crippen LogP contribution in [0.25, 0.3) is 0 Å². The zero-order valence-electron chi connectivity index (χ0n) is 14.9. The van der Waals surface area contributed by atoms with Gasteiger partial charge in [0.25, 0.3) is 0 Å². The summed E-state index contributed by atoms with van der Waals surface area (Å²) in [5, 5.41) is 2.02. The number of hydrogen-bond acceptors (Lipinski definition) is 6. The van der Waals surface area contributed by atoms with Crippen molar-refractivity contribution in [2.75, 3.05) is 19.8 Å². The topological polar surface area (TPSA) is 73.9 Å². The molecule has 0 aliphatic heterocycles. The van der Waals surface area contributed by atoms with Crippen molar-refractivity contribution in [2.45, 2.75) is 45.9 Å². The third kappa shape index (κ3) is 5.71. The summed E-state index contributed by atoms with van der Waals surface area (Å²) < 4.78 is 29.2. The number of benzene rings is 1. The summed E-state index contributed by atoms with van der Waals surface area (Å²) in [4.78, 5) is 12.0. The number of esters is 1. The Morgan fingerprint density at radius 1 is 1.08 bits per heavy atom. The molecule has 0 amide bonds. The van der Waals surface area contributed by atoms with E-state index in [-0.39, 0.29) is 26.2 Å². The highest BCUT2D eigenvalue weighted by atomic mass is 31.2. The maximum atomic E-state index is 13.3. The lowest BCUT2D eigenvalue weighted by atomic mass is 10.2. The Morgan fingerprint density at radius 3 is 2.17 bits per heavy atom. The molecule has 1 rings (SSSR count). The molecule has 0 saturated carbocycles. The monoisotopic (exact) mass is 357 g/mol. The summed E-state index contributed by atoms with van der Waals surface area (Å²) in [5.41, 5.74) is 1.01. The van der Waals surface area contributed by atoms with E-state index in [0.717, 1.165) is 5.56 Å². The second-order valence-electron chi connectivity index (χ2n) is 5.43. The van der Waals surface area contributed by atoms with Gasteiger partial charge in [0.2, 0.25) is 0 Å². The summed E-state index contributed by atoms with van der Waals surface area (Å²) in [6, 6.07) is 9.66. The van der Waals surface area contributed by atoms with E-state index in [9.17, 15) is 9.36 Å². The lowest BCUT2D eigenvalue weighted by molar-refractivity contribution is -0.144. The van der Waals surface area contributed by atoms with Crippen molar-refractivity contribution in [1.29, 1.82) is 0 Å². The molecule has 1 aromatic rings. The van der Waals surface area contributed by atoms with Gasteiger partial charge in [-0.15, -0.1) is 0 Å². The summed E-state index contributed by atoms with van der Waals surface area (Å²) in [6.07, 6.45) is -0.106. The Hall–Kier alpha value is -1.20. The van der Waals surface area contributed by atoms with Crippen LogP contribution in [0.4, 0.5) is 0 Å². The number of ether oxygens (including phenoxy) is 1. The Kier molecular flexibility index (Phi) is 8.63. The minimum atomic E-state index is -3.57. The normalized spacial score (nSPS) is 14.2. The summed E-state index contributed by atoms with van der Waals surface area (Å²) in [6.45, 7) is 8.05. The van der Waals surface area contributed by atoms with Gasteiger partial charge < -0.3 is 13.8 Å². The Labute approximate surface area is 144 Å². The van der Waals surface area contributed by atoms with Gasteiger partial charge in [-0.1, -0.05) is 30.3 Å². The molecule has 1 aromatic carbocycles. The highest BCUT2D eigenvalue weighted by molar-refractivity contribution is 7.55. The van der Waals surface area contributed by atoms with Crippen LogP contribution in [0.15, 0.2) is 30.3 Å². The lowest BCUT2D eigenvalue weighted by Gasteiger charge is -2.36. The fourth-order valence-electron chi connectivity index (χ4n) is 2.30. The van der Waals surface area contributed by atoms with E-state index in [4.69, 9.17) is 13.8 Å². The maximum Gasteiger partial charge on any atom is 0.350 e. The standard InChI is InChI=1S/C17H28NO5P/c1-5-21-16(19)13-17(4,24(20,22-6-2)23-7-3)18-14-15-11-9-8-10-12-15/h8-12,18H,5-7,13-14H2,1-4H3. The average molecular weight is 357 g/mol. The zero-order valence-corrected chi connectivity index (χ0v) is 15.8. The maximum absolute atomic E-state index is 13.3. The van der Waals surface area contributed by atoms with Gasteiger partial charge in [0.15, 0.2) is 0 Å². The largest absolute Gasteiger partial charge is 0.466 e. The van der Waals surface area contributed by atoms with Crippen LogP contribution in [-0.4, -0.2) is 31.1 Å². The Bertz CT molecular complexity index is 541. The fourth-order valence-corrected chi connectivity index (χ4v) is 4.22. The van der Waals surface area contributed by atoms with E-state index in [0.29, 0.717) is 6.54 Å². The van der Waals surface area contributed by atoms with Crippen molar-refractivity contribution in [3.05, 3.63) is 35.9 Å². The molecule has 0 aliphatic rings. The second kappa shape index (κ2) is 9.94. The molecule has 1 unspecified atom stereocenters. The number of nitrogens with one attached hydrogen (secondary N) is 1. The van der Waals surface area contributed by atoms with Gasteiger partial charge in [-0.3, -0.25) is 14.7 Å².